The molecule has 5 heteroatoms. The first-order valence-corrected chi connectivity index (χ1v) is 13.1. The zero-order valence-corrected chi connectivity index (χ0v) is 21.9. The summed E-state index contributed by atoms with van der Waals surface area (Å²) in [5.74, 6) is 0.839. The quantitative estimate of drug-likeness (QED) is 0.509. The van der Waals surface area contributed by atoms with Crippen molar-refractivity contribution in [2.45, 2.75) is 66.1 Å². The normalized spacial score (nSPS) is 33.1. The molecule has 1 saturated carbocycles. The van der Waals surface area contributed by atoms with Gasteiger partial charge in [0.15, 0.2) is 0 Å². The molecule has 3 aliphatic rings. The molecule has 187 valence electrons. The molecule has 0 aromatic heterocycles. The number of anilines is 1. The van der Waals surface area contributed by atoms with Gasteiger partial charge in [0.2, 0.25) is 0 Å². The number of piperazine rings is 1. The number of esters is 1. The van der Waals surface area contributed by atoms with Gasteiger partial charge >= 0.3 is 5.97 Å². The van der Waals surface area contributed by atoms with Crippen LogP contribution in [0.4, 0.5) is 5.69 Å². The molecule has 0 amide bonds. The molecule has 1 radical (unpaired) electrons. The van der Waals surface area contributed by atoms with E-state index >= 15 is 0 Å². The fourth-order valence-corrected chi connectivity index (χ4v) is 6.62. The first-order chi connectivity index (χ1) is 16.1. The third-order valence-electron chi connectivity index (χ3n) is 8.54. The maximum Gasteiger partial charge on any atom is 0.303 e. The minimum absolute atomic E-state index is 0.0783. The maximum atomic E-state index is 11.8. The van der Waals surface area contributed by atoms with Crippen LogP contribution in [0.15, 0.2) is 29.8 Å². The Hall–Kier alpha value is -1.85. The van der Waals surface area contributed by atoms with Gasteiger partial charge in [-0.05, 0) is 80.2 Å². The lowest BCUT2D eigenvalue weighted by molar-refractivity contribution is -0.148. The Morgan fingerprint density at radius 1 is 1.12 bits per heavy atom. The largest absolute Gasteiger partial charge is 0.458 e. The van der Waals surface area contributed by atoms with Crippen molar-refractivity contribution >= 4 is 11.7 Å². The summed E-state index contributed by atoms with van der Waals surface area (Å²) in [5.41, 5.74) is 4.12. The average Bonchev–Trinajstić information content (AvgIpc) is 2.75. The Morgan fingerprint density at radius 2 is 1.76 bits per heavy atom. The monoisotopic (exact) mass is 467 g/mol. The molecule has 2 fully saturated rings. The Kier molecular flexibility index (Phi) is 7.44. The standard InChI is InChI=1S/C29H43N2O3/c1-19-13-20(2)15-25(14-19)31-11-9-30(10-12-31)18-22(4)26-8-7-23(5)29(33)17-28(34-24(6)32)21(3)16-27(26)29/h13-17,22-23,26-28,33H,7-12,18H2,1-6H3/t22?,23-,26+,27-,28-,29-/m1/s1. The molecule has 1 heterocycles. The van der Waals surface area contributed by atoms with E-state index in [1.165, 1.54) is 23.7 Å². The van der Waals surface area contributed by atoms with Crippen molar-refractivity contribution in [2.24, 2.45) is 23.7 Å². The molecule has 2 aliphatic carbocycles. The maximum absolute atomic E-state index is 11.8. The van der Waals surface area contributed by atoms with Crippen molar-refractivity contribution in [3.63, 3.8) is 0 Å². The zero-order valence-electron chi connectivity index (χ0n) is 21.9. The number of hydrogen-bond acceptors (Lipinski definition) is 5. The Labute approximate surface area is 206 Å². The lowest BCUT2D eigenvalue weighted by Crippen LogP contribution is -2.57. The molecule has 1 aliphatic heterocycles. The number of aryl methyl sites for hydroxylation is 2. The van der Waals surface area contributed by atoms with E-state index in [0.29, 0.717) is 11.8 Å². The number of ether oxygens (including phenoxy) is 1. The van der Waals surface area contributed by atoms with Gasteiger partial charge in [0.25, 0.3) is 0 Å². The SMILES string of the molecule is CC(=O)O[C@@H]1[CH][C@@]2(O)[C@H](C)CC[C@@H](C(C)CN3CCN(c4cc(C)cc(C)c4)CC3)[C@H]2C=C1C. The van der Waals surface area contributed by atoms with Gasteiger partial charge < -0.3 is 14.7 Å². The number of benzene rings is 1. The van der Waals surface area contributed by atoms with E-state index in [0.717, 1.165) is 51.1 Å². The second-order valence-electron chi connectivity index (χ2n) is 11.3. The third kappa shape index (κ3) is 5.21. The van der Waals surface area contributed by atoms with Crippen LogP contribution in [-0.2, 0) is 9.53 Å². The van der Waals surface area contributed by atoms with Gasteiger partial charge in [0.05, 0.1) is 5.60 Å². The van der Waals surface area contributed by atoms with Crippen molar-refractivity contribution in [2.75, 3.05) is 37.6 Å². The van der Waals surface area contributed by atoms with Gasteiger partial charge in [0, 0.05) is 57.7 Å². The van der Waals surface area contributed by atoms with E-state index in [1.807, 2.05) is 13.3 Å². The Morgan fingerprint density at radius 3 is 2.38 bits per heavy atom. The molecule has 1 N–H and O–H groups in total. The topological polar surface area (TPSA) is 53.0 Å². The number of rotatable bonds is 5. The minimum atomic E-state index is -0.918. The van der Waals surface area contributed by atoms with Crippen molar-refractivity contribution in [1.82, 2.24) is 4.90 Å². The number of aliphatic hydroxyl groups is 1. The van der Waals surface area contributed by atoms with Crippen LogP contribution >= 0.6 is 0 Å². The van der Waals surface area contributed by atoms with Crippen LogP contribution in [0.25, 0.3) is 0 Å². The van der Waals surface area contributed by atoms with Crippen LogP contribution in [0.5, 0.6) is 0 Å². The molecule has 1 aromatic carbocycles. The first-order valence-electron chi connectivity index (χ1n) is 13.1. The summed E-state index contributed by atoms with van der Waals surface area (Å²) in [6.45, 7) is 17.6. The van der Waals surface area contributed by atoms with Gasteiger partial charge in [-0.3, -0.25) is 9.69 Å². The average molecular weight is 468 g/mol. The van der Waals surface area contributed by atoms with Gasteiger partial charge in [-0.15, -0.1) is 0 Å². The van der Waals surface area contributed by atoms with Crippen molar-refractivity contribution in [1.29, 1.82) is 0 Å². The van der Waals surface area contributed by atoms with Crippen LogP contribution in [0, 0.1) is 43.9 Å². The summed E-state index contributed by atoms with van der Waals surface area (Å²) in [4.78, 5) is 16.7. The van der Waals surface area contributed by atoms with Crippen LogP contribution in [0.2, 0.25) is 0 Å². The zero-order chi connectivity index (χ0) is 24.6. The predicted molar refractivity (Wildman–Crippen MR) is 138 cm³/mol. The van der Waals surface area contributed by atoms with Gasteiger partial charge in [-0.1, -0.05) is 26.0 Å². The van der Waals surface area contributed by atoms with Crippen molar-refractivity contribution in [3.8, 4) is 0 Å². The van der Waals surface area contributed by atoms with Crippen molar-refractivity contribution in [3.05, 3.63) is 47.4 Å². The minimum Gasteiger partial charge on any atom is -0.458 e. The number of hydrogen-bond donors (Lipinski definition) is 1. The highest BCUT2D eigenvalue weighted by molar-refractivity contribution is 5.66. The summed E-state index contributed by atoms with van der Waals surface area (Å²) in [7, 11) is 0. The summed E-state index contributed by atoms with van der Waals surface area (Å²) in [6, 6.07) is 6.83. The number of carbonyl (C=O) groups excluding carboxylic acids is 1. The van der Waals surface area contributed by atoms with Gasteiger partial charge in [-0.2, -0.15) is 0 Å². The van der Waals surface area contributed by atoms with E-state index in [4.69, 9.17) is 4.74 Å². The molecule has 1 aromatic rings. The summed E-state index contributed by atoms with van der Waals surface area (Å²) < 4.78 is 5.51. The number of fused-ring (bicyclic) bond motifs is 1. The Balaban J connectivity index is 1.41. The smallest absolute Gasteiger partial charge is 0.303 e. The van der Waals surface area contributed by atoms with Crippen molar-refractivity contribution < 1.29 is 14.6 Å². The van der Waals surface area contributed by atoms with E-state index in [1.54, 1.807) is 0 Å². The van der Waals surface area contributed by atoms with Crippen LogP contribution in [0.3, 0.4) is 0 Å². The molecule has 0 bridgehead atoms. The third-order valence-corrected chi connectivity index (χ3v) is 8.54. The highest BCUT2D eigenvalue weighted by atomic mass is 16.5. The van der Waals surface area contributed by atoms with E-state index < -0.39 is 11.7 Å². The molecular formula is C29H43N2O3. The molecule has 1 unspecified atom stereocenters. The molecule has 6 atom stereocenters. The van der Waals surface area contributed by atoms with Crippen LogP contribution in [0.1, 0.15) is 51.7 Å². The van der Waals surface area contributed by atoms with Crippen LogP contribution in [-0.4, -0.2) is 60.4 Å². The summed E-state index contributed by atoms with van der Waals surface area (Å²) in [5, 5.41) is 11.8. The number of nitrogens with zero attached hydrogens (tertiary/aromatic N) is 2. The Bertz CT molecular complexity index is 900. The fraction of sp³-hybridized carbons (Fsp3) is 0.655. The molecular weight excluding hydrogens is 424 g/mol. The van der Waals surface area contributed by atoms with E-state index in [9.17, 15) is 9.90 Å². The lowest BCUT2D eigenvalue weighted by atomic mass is 9.57. The van der Waals surface area contributed by atoms with E-state index in [2.05, 4.69) is 61.8 Å². The fourth-order valence-electron chi connectivity index (χ4n) is 6.62. The summed E-state index contributed by atoms with van der Waals surface area (Å²) in [6.07, 6.45) is 5.84. The van der Waals surface area contributed by atoms with Gasteiger partial charge in [0.1, 0.15) is 6.10 Å². The lowest BCUT2D eigenvalue weighted by Gasteiger charge is -2.53. The molecule has 5 nitrogen and oxygen atoms in total. The summed E-state index contributed by atoms with van der Waals surface area (Å²) >= 11 is 0. The molecule has 34 heavy (non-hydrogen) atoms. The predicted octanol–water partition coefficient (Wildman–Crippen LogP) is 4.55. The molecule has 1 saturated heterocycles. The van der Waals surface area contributed by atoms with Gasteiger partial charge in [-0.25, -0.2) is 0 Å². The molecule has 0 spiro atoms. The molecule has 4 rings (SSSR count). The van der Waals surface area contributed by atoms with E-state index in [-0.39, 0.29) is 17.8 Å². The second kappa shape index (κ2) is 10.0. The highest BCUT2D eigenvalue weighted by Gasteiger charge is 2.53. The highest BCUT2D eigenvalue weighted by Crippen LogP contribution is 2.50. The van der Waals surface area contributed by atoms with Crippen LogP contribution < -0.4 is 4.90 Å². The number of carbonyl (C=O) groups is 1. The second-order valence-corrected chi connectivity index (χ2v) is 11.3. The first kappa shape index (κ1) is 25.2.